The quantitative estimate of drug-likeness (QED) is 0.0904. The standard InChI is InChI=1S/C86H92N4Si2.Zn/c1-55(2)91(56(3)4,57(5)6)53-51-61-19-23-63(24-20-61)65-27-31-67(32-28-65)81-73-43-44-74(87-73)82(68-33-29-66(30-34-68)64-25-21-62(22-26-64)52-54-92(58(7)8,59(9)10)60(11)12)76-46-48-78(89-76)84(70-37-41-72(42-38-70)86(16,17)18)80-50-49-79(90-80)83(77-47-45-75(81)88-77)69-35-39-71(40-36-69)85(13,14)15;/h19-50,55-60H,1-18H3;/q-2;+2. The van der Waals surface area contributed by atoms with Crippen LogP contribution in [-0.4, -0.2) is 26.1 Å². The molecule has 3 aromatic heterocycles. The van der Waals surface area contributed by atoms with Crippen molar-refractivity contribution in [2.75, 3.05) is 0 Å². The third-order valence-electron chi connectivity index (χ3n) is 20.1. The monoisotopic (exact) mass is 1300 g/mol. The van der Waals surface area contributed by atoms with Crippen molar-refractivity contribution in [2.45, 2.75) is 169 Å². The Morgan fingerprint density at radius 3 is 0.710 bits per heavy atom. The van der Waals surface area contributed by atoms with Gasteiger partial charge in [0.2, 0.25) is 0 Å². The Morgan fingerprint density at radius 2 is 0.495 bits per heavy atom. The van der Waals surface area contributed by atoms with Crippen molar-refractivity contribution in [3.05, 3.63) is 215 Å². The van der Waals surface area contributed by atoms with Crippen molar-refractivity contribution in [2.24, 2.45) is 0 Å². The summed E-state index contributed by atoms with van der Waals surface area (Å²) in [5.41, 5.74) is 35.1. The minimum absolute atomic E-state index is 0. The van der Waals surface area contributed by atoms with Gasteiger partial charge in [0.05, 0.1) is 22.8 Å². The summed E-state index contributed by atoms with van der Waals surface area (Å²) in [4.78, 5) is 22.6. The first kappa shape index (κ1) is 68.0. The molecule has 466 valence electrons. The predicted octanol–water partition coefficient (Wildman–Crippen LogP) is 23.6. The number of hydrogen-bond donors (Lipinski definition) is 0. The van der Waals surface area contributed by atoms with Gasteiger partial charge in [0.25, 0.3) is 0 Å². The van der Waals surface area contributed by atoms with Crippen LogP contribution < -0.4 is 9.97 Å². The van der Waals surface area contributed by atoms with Crippen LogP contribution in [0.2, 0.25) is 33.2 Å². The maximum Gasteiger partial charge on any atom is 2.00 e. The molecule has 0 spiro atoms. The summed E-state index contributed by atoms with van der Waals surface area (Å²) in [5.74, 6) is 7.32. The summed E-state index contributed by atoms with van der Waals surface area (Å²) in [5, 5.41) is 0. The summed E-state index contributed by atoms with van der Waals surface area (Å²) in [6.45, 7) is 42.0. The van der Waals surface area contributed by atoms with Crippen LogP contribution in [0.3, 0.4) is 0 Å². The van der Waals surface area contributed by atoms with Crippen LogP contribution in [0.5, 0.6) is 0 Å². The van der Waals surface area contributed by atoms with E-state index in [0.29, 0.717) is 33.2 Å². The van der Waals surface area contributed by atoms with Gasteiger partial charge >= 0.3 is 19.5 Å². The number of aromatic nitrogens is 4. The summed E-state index contributed by atoms with van der Waals surface area (Å²) in [6.07, 6.45) is 8.64. The van der Waals surface area contributed by atoms with Gasteiger partial charge < -0.3 is 9.97 Å². The Hall–Kier alpha value is -7.90. The number of rotatable bonds is 12. The van der Waals surface area contributed by atoms with E-state index in [9.17, 15) is 0 Å². The van der Waals surface area contributed by atoms with E-state index < -0.39 is 16.1 Å². The predicted molar refractivity (Wildman–Crippen MR) is 403 cm³/mol. The van der Waals surface area contributed by atoms with Gasteiger partial charge in [-0.1, -0.05) is 282 Å². The fraction of sp³-hybridized carbons (Fsp3) is 0.302. The van der Waals surface area contributed by atoms with Crippen molar-refractivity contribution in [1.82, 2.24) is 19.9 Å². The van der Waals surface area contributed by atoms with Gasteiger partial charge in [0.1, 0.15) is 16.1 Å². The molecule has 6 aromatic carbocycles. The zero-order valence-corrected chi connectivity index (χ0v) is 63.4. The molecule has 9 aromatic rings. The molecule has 0 saturated carbocycles. The molecule has 0 fully saturated rings. The second-order valence-electron chi connectivity index (χ2n) is 29.6. The molecule has 0 radical (unpaired) electrons. The Labute approximate surface area is 571 Å². The maximum absolute atomic E-state index is 5.67. The van der Waals surface area contributed by atoms with Crippen LogP contribution in [-0.2, 0) is 30.3 Å². The maximum atomic E-state index is 5.67. The molecule has 0 unspecified atom stereocenters. The molecule has 11 rings (SSSR count). The fourth-order valence-electron chi connectivity index (χ4n) is 14.9. The first-order valence-electron chi connectivity index (χ1n) is 33.5. The van der Waals surface area contributed by atoms with Crippen molar-refractivity contribution < 1.29 is 19.5 Å². The van der Waals surface area contributed by atoms with E-state index in [4.69, 9.17) is 19.9 Å². The molecular formula is C86H92N4Si2Zn. The second-order valence-corrected chi connectivity index (χ2v) is 40.8. The molecule has 0 aliphatic carbocycles. The number of hydrogen-bond acceptors (Lipinski definition) is 2. The van der Waals surface area contributed by atoms with Crippen LogP contribution in [0.15, 0.2) is 170 Å². The van der Waals surface area contributed by atoms with Crippen LogP contribution in [0.1, 0.15) is 170 Å². The molecule has 0 atom stereocenters. The van der Waals surface area contributed by atoms with Crippen molar-refractivity contribution in [3.8, 4) is 89.7 Å². The summed E-state index contributed by atoms with van der Waals surface area (Å²) < 4.78 is 0. The molecule has 93 heavy (non-hydrogen) atoms. The number of fused-ring (bicyclic) bond motifs is 8. The minimum atomic E-state index is -1.88. The SMILES string of the molecule is CC(C)[Si](C#Cc1ccc(-c2ccc(-c3c4nc(c(-c5ccc(-c6ccc(C#C[Si](C(C)C)(C(C)C)C(C)C)cc6)cc5)c5ccc([n-]5)c(-c5ccc(C(C)(C)C)cc5)c5nc(c(-c6ccc(C(C)(C)C)cc6)c6ccc3[n-]6)C=C5)C=C4)cc2)cc1)(C(C)C)C(C)C.[Zn+2]. The van der Waals surface area contributed by atoms with Crippen molar-refractivity contribution >= 4 is 62.5 Å². The summed E-state index contributed by atoms with van der Waals surface area (Å²) in [7, 11) is -3.75. The summed E-state index contributed by atoms with van der Waals surface area (Å²) >= 11 is 0. The zero-order chi connectivity index (χ0) is 65.6. The van der Waals surface area contributed by atoms with E-state index in [1.54, 1.807) is 0 Å². The minimum Gasteiger partial charge on any atom is -0.657 e. The van der Waals surface area contributed by atoms with Crippen molar-refractivity contribution in [1.29, 1.82) is 0 Å². The molecule has 8 bridgehead atoms. The van der Waals surface area contributed by atoms with E-state index in [0.717, 1.165) is 123 Å². The molecule has 2 aliphatic rings. The van der Waals surface area contributed by atoms with Gasteiger partial charge in [-0.15, -0.1) is 33.2 Å². The first-order valence-corrected chi connectivity index (χ1v) is 38.0. The van der Waals surface area contributed by atoms with Crippen LogP contribution in [0.4, 0.5) is 0 Å². The topological polar surface area (TPSA) is 54.0 Å². The summed E-state index contributed by atoms with van der Waals surface area (Å²) in [6, 6.07) is 62.0. The average Bonchev–Trinajstić information content (AvgIpc) is 1.65. The molecule has 4 nitrogen and oxygen atoms in total. The average molecular weight is 1300 g/mol. The molecule has 0 amide bonds. The van der Waals surface area contributed by atoms with Gasteiger partial charge in [-0.05, 0) is 171 Å². The van der Waals surface area contributed by atoms with Gasteiger partial charge in [0.15, 0.2) is 0 Å². The molecule has 7 heteroatoms. The Morgan fingerprint density at radius 1 is 0.290 bits per heavy atom. The first-order chi connectivity index (χ1) is 43.8. The second kappa shape index (κ2) is 27.2. The third kappa shape index (κ3) is 13.6. The van der Waals surface area contributed by atoms with Gasteiger partial charge in [-0.3, -0.25) is 0 Å². The fourth-order valence-corrected chi connectivity index (χ4v) is 25.4. The van der Waals surface area contributed by atoms with E-state index >= 15 is 0 Å². The van der Waals surface area contributed by atoms with Gasteiger partial charge in [-0.2, -0.15) is 0 Å². The molecule has 2 aliphatic heterocycles. The van der Waals surface area contributed by atoms with Gasteiger partial charge in [-0.25, -0.2) is 9.97 Å². The largest absolute Gasteiger partial charge is 2.00 e. The van der Waals surface area contributed by atoms with E-state index in [2.05, 4.69) is 342 Å². The Balaban J connectivity index is 0.00000946. The molecule has 5 heterocycles. The molecule has 0 saturated heterocycles. The normalized spacial score (nSPS) is 12.6. The Kier molecular flexibility index (Phi) is 19.9. The molecule has 0 N–H and O–H groups in total. The van der Waals surface area contributed by atoms with Crippen LogP contribution >= 0.6 is 0 Å². The van der Waals surface area contributed by atoms with Crippen LogP contribution in [0.25, 0.3) is 113 Å². The number of nitrogens with zero attached hydrogens (tertiary/aromatic N) is 4. The smallest absolute Gasteiger partial charge is 0.657 e. The van der Waals surface area contributed by atoms with E-state index in [1.807, 2.05) is 0 Å². The molecular weight excluding hydrogens is 1210 g/mol. The van der Waals surface area contributed by atoms with E-state index in [-0.39, 0.29) is 30.3 Å². The van der Waals surface area contributed by atoms with Crippen molar-refractivity contribution in [3.63, 3.8) is 0 Å². The van der Waals surface area contributed by atoms with E-state index in [1.165, 1.54) is 11.1 Å². The van der Waals surface area contributed by atoms with Crippen LogP contribution in [0, 0.1) is 22.9 Å². The van der Waals surface area contributed by atoms with Gasteiger partial charge in [0, 0.05) is 11.1 Å². The zero-order valence-electron chi connectivity index (χ0n) is 58.4. The third-order valence-corrected chi connectivity index (χ3v) is 32.6. The number of benzene rings is 6. The Bertz CT molecular complexity index is 4220.